The van der Waals surface area contributed by atoms with Gasteiger partial charge < -0.3 is 10.4 Å². The van der Waals surface area contributed by atoms with E-state index in [2.05, 4.69) is 34.7 Å². The summed E-state index contributed by atoms with van der Waals surface area (Å²) in [6.07, 6.45) is 5.12. The van der Waals surface area contributed by atoms with Crippen molar-refractivity contribution in [3.8, 4) is 10.4 Å². The summed E-state index contributed by atoms with van der Waals surface area (Å²) in [4.78, 5) is 26.6. The molecule has 1 amide bonds. The van der Waals surface area contributed by atoms with Gasteiger partial charge in [-0.2, -0.15) is 5.10 Å². The molecule has 0 atom stereocenters. The SMILES string of the molecule is O=C(O)CC1CCC(NC(=O)c2ccc(Cl)c3cnn(Cc4ccc(-c5ccccc5)s4)c23)CC1. The van der Waals surface area contributed by atoms with Crippen molar-refractivity contribution < 1.29 is 14.7 Å². The van der Waals surface area contributed by atoms with Crippen molar-refractivity contribution in [1.29, 1.82) is 0 Å². The number of carboxylic acids is 1. The van der Waals surface area contributed by atoms with Gasteiger partial charge in [0.25, 0.3) is 5.91 Å². The Balaban J connectivity index is 1.35. The van der Waals surface area contributed by atoms with Gasteiger partial charge in [0.05, 0.1) is 28.8 Å². The molecule has 1 aliphatic carbocycles. The summed E-state index contributed by atoms with van der Waals surface area (Å²) in [5, 5.41) is 18.1. The maximum Gasteiger partial charge on any atom is 0.303 e. The average molecular weight is 508 g/mol. The van der Waals surface area contributed by atoms with E-state index in [1.165, 1.54) is 10.4 Å². The molecule has 1 fully saturated rings. The number of amides is 1. The van der Waals surface area contributed by atoms with Crippen molar-refractivity contribution in [3.63, 3.8) is 0 Å². The van der Waals surface area contributed by atoms with E-state index >= 15 is 0 Å². The van der Waals surface area contributed by atoms with E-state index in [4.69, 9.17) is 16.7 Å². The van der Waals surface area contributed by atoms with Gasteiger partial charge in [0.2, 0.25) is 0 Å². The standard InChI is InChI=1S/C27H26ClN3O3S/c28-23-12-11-21(27(34)30-19-8-6-17(7-9-19)14-25(32)33)26-22(23)15-29-31(26)16-20-10-13-24(35-20)18-4-2-1-3-5-18/h1-5,10-13,15,17,19H,6-9,14,16H2,(H,30,34)(H,32,33). The molecule has 0 aliphatic heterocycles. The van der Waals surface area contributed by atoms with Gasteiger partial charge in [0.15, 0.2) is 0 Å². The molecule has 0 radical (unpaired) electrons. The second kappa shape index (κ2) is 10.2. The molecule has 1 saturated carbocycles. The van der Waals surface area contributed by atoms with E-state index in [1.54, 1.807) is 29.7 Å². The van der Waals surface area contributed by atoms with Crippen LogP contribution in [-0.2, 0) is 11.3 Å². The number of halogens is 1. The molecule has 5 rings (SSSR count). The van der Waals surface area contributed by atoms with Crippen LogP contribution in [-0.4, -0.2) is 32.8 Å². The minimum absolute atomic E-state index is 0.0420. The Morgan fingerprint density at radius 3 is 2.57 bits per heavy atom. The van der Waals surface area contributed by atoms with Gasteiger partial charge in [-0.15, -0.1) is 11.3 Å². The summed E-state index contributed by atoms with van der Waals surface area (Å²) in [5.41, 5.74) is 2.45. The zero-order valence-corrected chi connectivity index (χ0v) is 20.7. The molecule has 0 spiro atoms. The van der Waals surface area contributed by atoms with Crippen LogP contribution in [0.4, 0.5) is 0 Å². The van der Waals surface area contributed by atoms with Crippen LogP contribution in [0, 0.1) is 5.92 Å². The Hall–Kier alpha value is -3.16. The van der Waals surface area contributed by atoms with Gasteiger partial charge in [0.1, 0.15) is 0 Å². The number of carboxylic acid groups (broad SMARTS) is 1. The topological polar surface area (TPSA) is 84.2 Å². The number of fused-ring (bicyclic) bond motifs is 1. The van der Waals surface area contributed by atoms with Gasteiger partial charge >= 0.3 is 5.97 Å². The summed E-state index contributed by atoms with van der Waals surface area (Å²) in [7, 11) is 0. The highest BCUT2D eigenvalue weighted by molar-refractivity contribution is 7.15. The normalized spacial score (nSPS) is 18.0. The summed E-state index contributed by atoms with van der Waals surface area (Å²) < 4.78 is 1.85. The van der Waals surface area contributed by atoms with E-state index in [0.717, 1.165) is 41.5 Å². The monoisotopic (exact) mass is 507 g/mol. The molecule has 0 saturated heterocycles. The fraction of sp³-hybridized carbons (Fsp3) is 0.296. The number of aliphatic carboxylic acids is 1. The molecule has 2 aromatic heterocycles. The molecule has 8 heteroatoms. The number of hydrogen-bond acceptors (Lipinski definition) is 4. The van der Waals surface area contributed by atoms with Gasteiger partial charge in [-0.05, 0) is 61.4 Å². The van der Waals surface area contributed by atoms with Gasteiger partial charge in [-0.3, -0.25) is 14.3 Å². The molecule has 6 nitrogen and oxygen atoms in total. The Kier molecular flexibility index (Phi) is 6.88. The Morgan fingerprint density at radius 1 is 1.06 bits per heavy atom. The molecular formula is C27H26ClN3O3S. The summed E-state index contributed by atoms with van der Waals surface area (Å²) >= 11 is 8.16. The predicted octanol–water partition coefficient (Wildman–Crippen LogP) is 6.23. The first-order valence-electron chi connectivity index (χ1n) is 11.8. The van der Waals surface area contributed by atoms with Crippen molar-refractivity contribution in [1.82, 2.24) is 15.1 Å². The minimum atomic E-state index is -0.754. The lowest BCUT2D eigenvalue weighted by atomic mass is 9.84. The van der Waals surface area contributed by atoms with E-state index in [0.29, 0.717) is 17.1 Å². The van der Waals surface area contributed by atoms with Gasteiger partial charge in [-0.1, -0.05) is 41.9 Å². The molecule has 1 aliphatic rings. The number of rotatable bonds is 7. The van der Waals surface area contributed by atoms with Crippen LogP contribution in [0.5, 0.6) is 0 Å². The molecule has 2 aromatic carbocycles. The van der Waals surface area contributed by atoms with Crippen LogP contribution < -0.4 is 5.32 Å². The highest BCUT2D eigenvalue weighted by Crippen LogP contribution is 2.32. The summed E-state index contributed by atoms with van der Waals surface area (Å²) in [6, 6.07) is 18.0. The average Bonchev–Trinajstić information content (AvgIpc) is 3.49. The van der Waals surface area contributed by atoms with E-state index < -0.39 is 5.97 Å². The number of nitrogens with zero attached hydrogens (tertiary/aromatic N) is 2. The number of thiophene rings is 1. The molecule has 2 N–H and O–H groups in total. The third kappa shape index (κ3) is 5.26. The van der Waals surface area contributed by atoms with Gasteiger partial charge in [-0.25, -0.2) is 0 Å². The molecule has 0 bridgehead atoms. The van der Waals surface area contributed by atoms with E-state index in [9.17, 15) is 9.59 Å². The first-order chi connectivity index (χ1) is 17.0. The minimum Gasteiger partial charge on any atom is -0.481 e. The maximum atomic E-state index is 13.3. The van der Waals surface area contributed by atoms with Crippen molar-refractivity contribution in [2.75, 3.05) is 0 Å². The first kappa shape index (κ1) is 23.6. The van der Waals surface area contributed by atoms with Crippen LogP contribution in [0.1, 0.15) is 47.3 Å². The van der Waals surface area contributed by atoms with Crippen molar-refractivity contribution >= 4 is 45.7 Å². The van der Waals surface area contributed by atoms with Crippen LogP contribution >= 0.6 is 22.9 Å². The lowest BCUT2D eigenvalue weighted by Crippen LogP contribution is -2.38. The largest absolute Gasteiger partial charge is 0.481 e. The number of carbonyl (C=O) groups excluding carboxylic acids is 1. The van der Waals surface area contributed by atoms with Crippen LogP contribution in [0.3, 0.4) is 0 Å². The second-order valence-corrected chi connectivity index (χ2v) is 10.7. The smallest absolute Gasteiger partial charge is 0.303 e. The molecular weight excluding hydrogens is 482 g/mol. The van der Waals surface area contributed by atoms with E-state index in [-0.39, 0.29) is 24.3 Å². The summed E-state index contributed by atoms with van der Waals surface area (Å²) in [6.45, 7) is 0.544. The fourth-order valence-electron chi connectivity index (χ4n) is 4.86. The van der Waals surface area contributed by atoms with Crippen LogP contribution in [0.25, 0.3) is 21.3 Å². The van der Waals surface area contributed by atoms with Crippen molar-refractivity contribution in [3.05, 3.63) is 76.3 Å². The van der Waals surface area contributed by atoms with Crippen molar-refractivity contribution in [2.24, 2.45) is 5.92 Å². The predicted molar refractivity (Wildman–Crippen MR) is 139 cm³/mol. The first-order valence-corrected chi connectivity index (χ1v) is 13.0. The highest BCUT2D eigenvalue weighted by atomic mass is 35.5. The number of aromatic nitrogens is 2. The number of carbonyl (C=O) groups is 2. The highest BCUT2D eigenvalue weighted by Gasteiger charge is 2.25. The second-order valence-electron chi connectivity index (χ2n) is 9.08. The van der Waals surface area contributed by atoms with E-state index in [1.807, 2.05) is 22.9 Å². The quantitative estimate of drug-likeness (QED) is 0.310. The molecule has 180 valence electrons. The molecule has 4 aromatic rings. The Bertz CT molecular complexity index is 1360. The number of benzene rings is 2. The summed E-state index contributed by atoms with van der Waals surface area (Å²) in [5.74, 6) is -0.710. The maximum absolute atomic E-state index is 13.3. The molecule has 0 unspecified atom stereocenters. The molecule has 2 heterocycles. The van der Waals surface area contributed by atoms with Crippen LogP contribution in [0.2, 0.25) is 5.02 Å². The third-order valence-corrected chi connectivity index (χ3v) is 8.11. The van der Waals surface area contributed by atoms with Crippen molar-refractivity contribution in [2.45, 2.75) is 44.7 Å². The van der Waals surface area contributed by atoms with Crippen LogP contribution in [0.15, 0.2) is 60.8 Å². The lowest BCUT2D eigenvalue weighted by molar-refractivity contribution is -0.138. The number of nitrogens with one attached hydrogen (secondary N) is 1. The third-order valence-electron chi connectivity index (χ3n) is 6.66. The zero-order chi connectivity index (χ0) is 24.4. The van der Waals surface area contributed by atoms with Gasteiger partial charge in [0, 0.05) is 27.6 Å². The number of hydrogen-bond donors (Lipinski definition) is 2. The Labute approximate surface area is 212 Å². The molecule has 35 heavy (non-hydrogen) atoms. The fourth-order valence-corrected chi connectivity index (χ4v) is 6.06. The zero-order valence-electron chi connectivity index (χ0n) is 19.1. The lowest BCUT2D eigenvalue weighted by Gasteiger charge is -2.28. The Morgan fingerprint density at radius 2 is 1.83 bits per heavy atom.